The summed E-state index contributed by atoms with van der Waals surface area (Å²) in [5.74, 6) is 0.0824. The van der Waals surface area contributed by atoms with E-state index in [1.807, 2.05) is 6.92 Å². The Hall–Kier alpha value is -1.63. The van der Waals surface area contributed by atoms with Gasteiger partial charge in [0.05, 0.1) is 12.1 Å². The molecule has 0 aliphatic carbocycles. The highest BCUT2D eigenvalue weighted by atomic mass is 16.6. The maximum atomic E-state index is 10.7. The van der Waals surface area contributed by atoms with Crippen LogP contribution in [-0.4, -0.2) is 31.7 Å². The van der Waals surface area contributed by atoms with Gasteiger partial charge < -0.3 is 20.5 Å². The summed E-state index contributed by atoms with van der Waals surface area (Å²) in [7, 11) is 1.66. The minimum Gasteiger partial charge on any atom is -0.394 e. The van der Waals surface area contributed by atoms with E-state index in [2.05, 4.69) is 10.3 Å². The Balaban J connectivity index is 3.04. The number of rotatable bonds is 5. The van der Waals surface area contributed by atoms with Crippen molar-refractivity contribution in [1.29, 1.82) is 0 Å². The monoisotopic (exact) mass is 228 g/mol. The fraction of sp³-hybridized carbons (Fsp3) is 0.667. The molecule has 1 atom stereocenters. The molecule has 0 aliphatic rings. The molecular formula is C9H16N4O3. The van der Waals surface area contributed by atoms with Crippen molar-refractivity contribution < 1.29 is 10.0 Å². The molecule has 0 spiro atoms. The molecule has 0 saturated heterocycles. The highest BCUT2D eigenvalue weighted by molar-refractivity contribution is 5.53. The molecule has 7 nitrogen and oxygen atoms in total. The zero-order valence-electron chi connectivity index (χ0n) is 9.60. The van der Waals surface area contributed by atoms with Crippen LogP contribution in [0.5, 0.6) is 0 Å². The third kappa shape index (κ3) is 2.30. The van der Waals surface area contributed by atoms with Crippen LogP contribution < -0.4 is 5.32 Å². The third-order valence-corrected chi connectivity index (χ3v) is 2.64. The lowest BCUT2D eigenvalue weighted by Gasteiger charge is -2.27. The fourth-order valence-corrected chi connectivity index (χ4v) is 1.22. The molecule has 0 aromatic carbocycles. The van der Waals surface area contributed by atoms with E-state index in [4.69, 9.17) is 0 Å². The first kappa shape index (κ1) is 12.4. The molecule has 1 aromatic heterocycles. The molecule has 0 fully saturated rings. The van der Waals surface area contributed by atoms with Gasteiger partial charge in [-0.1, -0.05) is 6.92 Å². The number of nitrogens with one attached hydrogen (secondary N) is 1. The predicted octanol–water partition coefficient (Wildman–Crippen LogP) is 0.901. The number of aromatic nitrogens is 2. The lowest BCUT2D eigenvalue weighted by molar-refractivity contribution is -0.388. The van der Waals surface area contributed by atoms with E-state index in [1.54, 1.807) is 14.0 Å². The highest BCUT2D eigenvalue weighted by Crippen LogP contribution is 2.25. The van der Waals surface area contributed by atoms with Crippen LogP contribution in [0.15, 0.2) is 6.33 Å². The molecule has 1 heterocycles. The Bertz CT molecular complexity index is 384. The first-order valence-corrected chi connectivity index (χ1v) is 4.98. The number of hydrogen-bond acceptors (Lipinski definition) is 5. The topological polar surface area (TPSA) is 93.2 Å². The first-order chi connectivity index (χ1) is 7.43. The number of aliphatic hydroxyl groups is 1. The van der Waals surface area contributed by atoms with E-state index in [1.165, 1.54) is 10.9 Å². The molecule has 2 N–H and O–H groups in total. The minimum absolute atomic E-state index is 0.105. The van der Waals surface area contributed by atoms with E-state index in [9.17, 15) is 15.2 Å². The second-order valence-corrected chi connectivity index (χ2v) is 3.98. The molecule has 0 amide bonds. The van der Waals surface area contributed by atoms with E-state index in [0.29, 0.717) is 12.2 Å². The molecule has 7 heteroatoms. The summed E-state index contributed by atoms with van der Waals surface area (Å²) in [6.45, 7) is 3.58. The van der Waals surface area contributed by atoms with Gasteiger partial charge >= 0.3 is 5.82 Å². The van der Waals surface area contributed by atoms with Crippen LogP contribution in [-0.2, 0) is 7.05 Å². The number of nitro groups is 1. The fourth-order valence-electron chi connectivity index (χ4n) is 1.22. The van der Waals surface area contributed by atoms with Crippen molar-refractivity contribution in [2.45, 2.75) is 25.8 Å². The van der Waals surface area contributed by atoms with Gasteiger partial charge in [-0.05, 0) is 23.3 Å². The molecule has 0 saturated carbocycles. The van der Waals surface area contributed by atoms with Crippen LogP contribution >= 0.6 is 0 Å². The maximum absolute atomic E-state index is 10.7. The van der Waals surface area contributed by atoms with Gasteiger partial charge in [0, 0.05) is 7.05 Å². The number of imidazole rings is 1. The average molecular weight is 228 g/mol. The Morgan fingerprint density at radius 1 is 1.75 bits per heavy atom. The van der Waals surface area contributed by atoms with Crippen molar-refractivity contribution in [3.8, 4) is 0 Å². The number of aryl methyl sites for hydroxylation is 1. The lowest BCUT2D eigenvalue weighted by atomic mass is 10.0. The van der Waals surface area contributed by atoms with Gasteiger partial charge in [-0.15, -0.1) is 0 Å². The average Bonchev–Trinajstić information content (AvgIpc) is 2.60. The summed E-state index contributed by atoms with van der Waals surface area (Å²) in [6.07, 6.45) is 2.01. The van der Waals surface area contributed by atoms with E-state index in [-0.39, 0.29) is 12.4 Å². The molecule has 0 bridgehead atoms. The smallest absolute Gasteiger partial charge is 0.394 e. The van der Waals surface area contributed by atoms with Crippen LogP contribution in [0.25, 0.3) is 0 Å². The Kier molecular flexibility index (Phi) is 3.48. The van der Waals surface area contributed by atoms with Crippen molar-refractivity contribution in [3.63, 3.8) is 0 Å². The summed E-state index contributed by atoms with van der Waals surface area (Å²) < 4.78 is 1.53. The Labute approximate surface area is 93.3 Å². The quantitative estimate of drug-likeness (QED) is 0.577. The molecule has 0 aliphatic heterocycles. The molecular weight excluding hydrogens is 212 g/mol. The van der Waals surface area contributed by atoms with Crippen molar-refractivity contribution >= 4 is 11.6 Å². The summed E-state index contributed by atoms with van der Waals surface area (Å²) in [6, 6.07) is 0. The Morgan fingerprint density at radius 2 is 2.38 bits per heavy atom. The third-order valence-electron chi connectivity index (χ3n) is 2.64. The first-order valence-electron chi connectivity index (χ1n) is 4.98. The van der Waals surface area contributed by atoms with Crippen LogP contribution in [0.2, 0.25) is 0 Å². The van der Waals surface area contributed by atoms with Gasteiger partial charge in [0.15, 0.2) is 0 Å². The number of anilines is 1. The summed E-state index contributed by atoms with van der Waals surface area (Å²) in [4.78, 5) is 13.9. The maximum Gasteiger partial charge on any atom is 0.406 e. The highest BCUT2D eigenvalue weighted by Gasteiger charge is 2.28. The second kappa shape index (κ2) is 4.48. The van der Waals surface area contributed by atoms with Gasteiger partial charge in [-0.3, -0.25) is 4.57 Å². The SMILES string of the molecule is CCC(C)(CO)Nc1c([N+](=O)[O-])ncn1C. The van der Waals surface area contributed by atoms with Crippen molar-refractivity contribution in [1.82, 2.24) is 9.55 Å². The molecule has 0 radical (unpaired) electrons. The molecule has 1 aromatic rings. The van der Waals surface area contributed by atoms with E-state index in [0.717, 1.165) is 0 Å². The summed E-state index contributed by atoms with van der Waals surface area (Å²) in [5.41, 5.74) is -0.585. The number of aliphatic hydroxyl groups excluding tert-OH is 1. The predicted molar refractivity (Wildman–Crippen MR) is 59.3 cm³/mol. The zero-order chi connectivity index (χ0) is 12.3. The van der Waals surface area contributed by atoms with Crippen LogP contribution in [0.3, 0.4) is 0 Å². The summed E-state index contributed by atoms with van der Waals surface area (Å²) in [5, 5.41) is 22.9. The van der Waals surface area contributed by atoms with Crippen LogP contribution in [0.1, 0.15) is 20.3 Å². The van der Waals surface area contributed by atoms with E-state index >= 15 is 0 Å². The standard InChI is InChI=1S/C9H16N4O3/c1-4-9(2,5-14)11-8-7(13(15)16)10-6-12(8)3/h6,11,14H,4-5H2,1-3H3. The normalized spacial score (nSPS) is 14.5. The minimum atomic E-state index is -0.585. The van der Waals surface area contributed by atoms with Crippen molar-refractivity contribution in [3.05, 3.63) is 16.4 Å². The molecule has 90 valence electrons. The van der Waals surface area contributed by atoms with Crippen LogP contribution in [0, 0.1) is 10.1 Å². The molecule has 16 heavy (non-hydrogen) atoms. The van der Waals surface area contributed by atoms with Gasteiger partial charge in [0.1, 0.15) is 0 Å². The van der Waals surface area contributed by atoms with E-state index < -0.39 is 10.5 Å². The number of nitrogens with zero attached hydrogens (tertiary/aromatic N) is 3. The van der Waals surface area contributed by atoms with Gasteiger partial charge in [-0.2, -0.15) is 0 Å². The van der Waals surface area contributed by atoms with Gasteiger partial charge in [0.2, 0.25) is 12.1 Å². The zero-order valence-corrected chi connectivity index (χ0v) is 9.60. The van der Waals surface area contributed by atoms with Crippen LogP contribution in [0.4, 0.5) is 11.6 Å². The lowest BCUT2D eigenvalue weighted by Crippen LogP contribution is -2.38. The second-order valence-electron chi connectivity index (χ2n) is 3.98. The number of hydrogen-bond donors (Lipinski definition) is 2. The van der Waals surface area contributed by atoms with Crippen molar-refractivity contribution in [2.75, 3.05) is 11.9 Å². The Morgan fingerprint density at radius 3 is 2.81 bits per heavy atom. The largest absolute Gasteiger partial charge is 0.406 e. The van der Waals surface area contributed by atoms with Crippen molar-refractivity contribution in [2.24, 2.45) is 7.05 Å². The van der Waals surface area contributed by atoms with Gasteiger partial charge in [0.25, 0.3) is 0 Å². The molecule has 1 unspecified atom stereocenters. The van der Waals surface area contributed by atoms with Gasteiger partial charge in [-0.25, -0.2) is 0 Å². The summed E-state index contributed by atoms with van der Waals surface area (Å²) >= 11 is 0. The molecule has 1 rings (SSSR count).